The smallest absolute Gasteiger partial charge is 0.294 e. The van der Waals surface area contributed by atoms with Gasteiger partial charge in [-0.1, -0.05) is 24.3 Å². The number of morpholine rings is 2. The molecule has 188 valence electrons. The van der Waals surface area contributed by atoms with Crippen molar-refractivity contribution in [3.8, 4) is 0 Å². The summed E-state index contributed by atoms with van der Waals surface area (Å²) in [5.74, 6) is -0.881. The first-order chi connectivity index (χ1) is 17.6. The van der Waals surface area contributed by atoms with Gasteiger partial charge in [0, 0.05) is 31.9 Å². The molecule has 0 spiro atoms. The van der Waals surface area contributed by atoms with Crippen LogP contribution in [0.15, 0.2) is 53.4 Å². The van der Waals surface area contributed by atoms with E-state index in [0.717, 1.165) is 59.8 Å². The fraction of sp³-hybridized carbons (Fsp3) is 0.346. The molecule has 3 heterocycles. The average Bonchev–Trinajstić information content (AvgIpc) is 3.17. The molecule has 0 aromatic heterocycles. The van der Waals surface area contributed by atoms with Crippen molar-refractivity contribution in [1.82, 2.24) is 4.90 Å². The number of carbonyl (C=O) groups excluding carboxylic acids is 3. The minimum atomic E-state index is -0.459. The van der Waals surface area contributed by atoms with Crippen LogP contribution in [-0.4, -0.2) is 81.1 Å². The van der Waals surface area contributed by atoms with E-state index < -0.39 is 17.1 Å². The molecule has 0 atom stereocenters. The maximum absolute atomic E-state index is 12.9. The van der Waals surface area contributed by atoms with Crippen molar-refractivity contribution in [3.05, 3.63) is 59.0 Å². The van der Waals surface area contributed by atoms with Gasteiger partial charge in [-0.25, -0.2) is 0 Å². The van der Waals surface area contributed by atoms with Gasteiger partial charge < -0.3 is 24.6 Å². The van der Waals surface area contributed by atoms with Crippen molar-refractivity contribution in [2.75, 3.05) is 74.3 Å². The van der Waals surface area contributed by atoms with Gasteiger partial charge in [-0.3, -0.25) is 19.3 Å². The Bertz CT molecular complexity index is 1160. The fourth-order valence-corrected chi connectivity index (χ4v) is 5.22. The summed E-state index contributed by atoms with van der Waals surface area (Å²) in [6.07, 6.45) is 1.69. The number of nitrogens with one attached hydrogen (secondary N) is 1. The molecule has 3 amide bonds. The summed E-state index contributed by atoms with van der Waals surface area (Å²) in [4.78, 5) is 44.0. The number of hydrogen-bond acceptors (Lipinski definition) is 8. The number of ether oxygens (including phenoxy) is 2. The standard InChI is InChI=1S/C26H28N4O5S/c31-24(27-21-3-1-2-4-22(21)29-11-15-35-16-12-29)18-30-25(32)23(36-26(30)33)17-19-5-7-20(8-6-19)28-9-13-34-14-10-28/h1-8,17H,9-16,18H2,(H,27,31)/b23-17+. The highest BCUT2D eigenvalue weighted by molar-refractivity contribution is 8.18. The maximum Gasteiger partial charge on any atom is 0.294 e. The zero-order chi connectivity index (χ0) is 24.9. The van der Waals surface area contributed by atoms with Gasteiger partial charge in [-0.05, 0) is 47.7 Å². The Balaban J connectivity index is 1.22. The van der Waals surface area contributed by atoms with E-state index >= 15 is 0 Å². The molecule has 5 rings (SSSR count). The highest BCUT2D eigenvalue weighted by Gasteiger charge is 2.36. The van der Waals surface area contributed by atoms with Gasteiger partial charge in [-0.2, -0.15) is 0 Å². The predicted octanol–water partition coefficient (Wildman–Crippen LogP) is 3.03. The molecule has 0 unspecified atom stereocenters. The third-order valence-electron chi connectivity index (χ3n) is 6.27. The van der Waals surface area contributed by atoms with Gasteiger partial charge in [0.15, 0.2) is 0 Å². The van der Waals surface area contributed by atoms with Crippen LogP contribution in [0.2, 0.25) is 0 Å². The van der Waals surface area contributed by atoms with Crippen LogP contribution in [0, 0.1) is 0 Å². The summed E-state index contributed by atoms with van der Waals surface area (Å²) in [5, 5.41) is 2.42. The van der Waals surface area contributed by atoms with Crippen molar-refractivity contribution in [3.63, 3.8) is 0 Å². The van der Waals surface area contributed by atoms with E-state index in [1.165, 1.54) is 0 Å². The largest absolute Gasteiger partial charge is 0.378 e. The lowest BCUT2D eigenvalue weighted by molar-refractivity contribution is -0.127. The van der Waals surface area contributed by atoms with Crippen LogP contribution in [-0.2, 0) is 19.1 Å². The number of hydrogen-bond donors (Lipinski definition) is 1. The minimum Gasteiger partial charge on any atom is -0.378 e. The van der Waals surface area contributed by atoms with Gasteiger partial charge in [0.05, 0.1) is 42.7 Å². The van der Waals surface area contributed by atoms with Crippen LogP contribution >= 0.6 is 11.8 Å². The Hall–Kier alpha value is -3.34. The number of imide groups is 1. The summed E-state index contributed by atoms with van der Waals surface area (Å²) in [7, 11) is 0. The number of rotatable bonds is 6. The summed E-state index contributed by atoms with van der Waals surface area (Å²) in [6, 6.07) is 15.4. The monoisotopic (exact) mass is 508 g/mol. The highest BCUT2D eigenvalue weighted by atomic mass is 32.2. The van der Waals surface area contributed by atoms with Crippen molar-refractivity contribution in [2.24, 2.45) is 0 Å². The van der Waals surface area contributed by atoms with E-state index in [4.69, 9.17) is 9.47 Å². The second-order valence-electron chi connectivity index (χ2n) is 8.62. The molecule has 0 radical (unpaired) electrons. The predicted molar refractivity (Wildman–Crippen MR) is 140 cm³/mol. The quantitative estimate of drug-likeness (QED) is 0.596. The van der Waals surface area contributed by atoms with Crippen LogP contribution in [0.25, 0.3) is 6.08 Å². The lowest BCUT2D eigenvalue weighted by Crippen LogP contribution is -2.38. The summed E-state index contributed by atoms with van der Waals surface area (Å²) in [6.45, 7) is 5.48. The second kappa shape index (κ2) is 11.2. The minimum absolute atomic E-state index is 0.306. The number of carbonyl (C=O) groups is 3. The van der Waals surface area contributed by atoms with Crippen LogP contribution in [0.4, 0.5) is 21.9 Å². The van der Waals surface area contributed by atoms with Gasteiger partial charge in [0.1, 0.15) is 6.54 Å². The number of thioether (sulfide) groups is 1. The normalized spacial score (nSPS) is 19.8. The molecule has 9 nitrogen and oxygen atoms in total. The molecule has 0 saturated carbocycles. The SMILES string of the molecule is O=C(CN1C(=O)S/C(=C/c2ccc(N3CCOCC3)cc2)C1=O)Nc1ccccc1N1CCOCC1. The average molecular weight is 509 g/mol. The lowest BCUT2D eigenvalue weighted by Gasteiger charge is -2.30. The summed E-state index contributed by atoms with van der Waals surface area (Å²) < 4.78 is 10.8. The maximum atomic E-state index is 12.9. The van der Waals surface area contributed by atoms with E-state index in [0.29, 0.717) is 37.0 Å². The molecule has 0 aliphatic carbocycles. The van der Waals surface area contributed by atoms with E-state index in [1.807, 2.05) is 48.5 Å². The van der Waals surface area contributed by atoms with Crippen LogP contribution in [0.5, 0.6) is 0 Å². The molecule has 10 heteroatoms. The Morgan fingerprint density at radius 2 is 1.53 bits per heavy atom. The van der Waals surface area contributed by atoms with Crippen molar-refractivity contribution in [2.45, 2.75) is 0 Å². The first-order valence-electron chi connectivity index (χ1n) is 12.0. The van der Waals surface area contributed by atoms with Gasteiger partial charge >= 0.3 is 0 Å². The third kappa shape index (κ3) is 5.56. The van der Waals surface area contributed by atoms with Crippen LogP contribution in [0.1, 0.15) is 5.56 Å². The zero-order valence-electron chi connectivity index (χ0n) is 19.9. The first kappa shape index (κ1) is 24.4. The molecule has 36 heavy (non-hydrogen) atoms. The van der Waals surface area contributed by atoms with Crippen molar-refractivity contribution < 1.29 is 23.9 Å². The van der Waals surface area contributed by atoms with Gasteiger partial charge in [0.25, 0.3) is 11.1 Å². The van der Waals surface area contributed by atoms with E-state index in [2.05, 4.69) is 15.1 Å². The molecular formula is C26H28N4O5S. The van der Waals surface area contributed by atoms with Crippen LogP contribution < -0.4 is 15.1 Å². The second-order valence-corrected chi connectivity index (χ2v) is 9.62. The molecule has 1 N–H and O–H groups in total. The molecule has 3 aliphatic rings. The summed E-state index contributed by atoms with van der Waals surface area (Å²) in [5.41, 5.74) is 3.45. The highest BCUT2D eigenvalue weighted by Crippen LogP contribution is 2.33. The lowest BCUT2D eigenvalue weighted by atomic mass is 10.1. The first-order valence-corrected chi connectivity index (χ1v) is 12.8. The molecular weight excluding hydrogens is 480 g/mol. The molecule has 2 aromatic rings. The Kier molecular flexibility index (Phi) is 7.55. The van der Waals surface area contributed by atoms with Crippen LogP contribution in [0.3, 0.4) is 0 Å². The number of para-hydroxylation sites is 2. The van der Waals surface area contributed by atoms with E-state index in [-0.39, 0.29) is 6.54 Å². The number of amides is 3. The number of nitrogens with zero attached hydrogens (tertiary/aromatic N) is 3. The van der Waals surface area contributed by atoms with Crippen molar-refractivity contribution in [1.29, 1.82) is 0 Å². The Morgan fingerprint density at radius 3 is 2.22 bits per heavy atom. The van der Waals surface area contributed by atoms with Gasteiger partial charge in [0.2, 0.25) is 5.91 Å². The Labute approximate surface area is 214 Å². The number of benzene rings is 2. The third-order valence-corrected chi connectivity index (χ3v) is 7.18. The molecule has 0 bridgehead atoms. The topological polar surface area (TPSA) is 91.4 Å². The molecule has 3 saturated heterocycles. The zero-order valence-corrected chi connectivity index (χ0v) is 20.7. The number of anilines is 3. The fourth-order valence-electron chi connectivity index (χ4n) is 4.38. The molecule has 3 fully saturated rings. The Morgan fingerprint density at radius 1 is 0.889 bits per heavy atom. The molecule has 2 aromatic carbocycles. The summed E-state index contributed by atoms with van der Waals surface area (Å²) >= 11 is 0.853. The molecule has 3 aliphatic heterocycles. The van der Waals surface area contributed by atoms with Gasteiger partial charge in [-0.15, -0.1) is 0 Å². The van der Waals surface area contributed by atoms with E-state index in [9.17, 15) is 14.4 Å². The van der Waals surface area contributed by atoms with E-state index in [1.54, 1.807) is 6.08 Å². The van der Waals surface area contributed by atoms with Crippen molar-refractivity contribution >= 4 is 52.0 Å².